The number of aliphatic hydroxyl groups excluding tert-OH is 1. The smallest absolute Gasteiger partial charge is 0.303 e. The lowest BCUT2D eigenvalue weighted by Crippen LogP contribution is -2.30. The van der Waals surface area contributed by atoms with Crippen LogP contribution in [0.25, 0.3) is 0 Å². The number of rotatable bonds is 3. The molecule has 0 fully saturated rings. The Labute approximate surface area is 67.4 Å². The van der Waals surface area contributed by atoms with E-state index in [1.54, 1.807) is 20.8 Å². The first-order valence-corrected chi connectivity index (χ1v) is 3.71. The average molecular weight is 160 g/mol. The molecule has 0 aliphatic heterocycles. The summed E-state index contributed by atoms with van der Waals surface area (Å²) in [6.45, 7) is 6.59. The molecular formula is C8H16O3. The number of hydrogen-bond acceptors (Lipinski definition) is 3. The normalized spacial score (nSPS) is 14.3. The third kappa shape index (κ3) is 5.85. The van der Waals surface area contributed by atoms with E-state index in [1.807, 2.05) is 0 Å². The maximum absolute atomic E-state index is 10.5. The Morgan fingerprint density at radius 1 is 1.64 bits per heavy atom. The largest absolute Gasteiger partial charge is 0.460 e. The summed E-state index contributed by atoms with van der Waals surface area (Å²) in [5, 5.41) is 9.01. The highest BCUT2D eigenvalue weighted by Gasteiger charge is 2.22. The first-order valence-electron chi connectivity index (χ1n) is 3.71. The topological polar surface area (TPSA) is 46.5 Å². The van der Waals surface area contributed by atoms with Crippen LogP contribution in [0, 0.1) is 0 Å². The number of carbonyl (C=O) groups excluding carboxylic acids is 1. The first kappa shape index (κ1) is 10.4. The minimum absolute atomic E-state index is 0.310. The Balaban J connectivity index is 3.89. The predicted molar refractivity (Wildman–Crippen MR) is 42.1 cm³/mol. The molecule has 1 atom stereocenters. The number of aliphatic hydroxyl groups is 1. The molecule has 0 aliphatic carbocycles. The molecule has 0 aromatic carbocycles. The first-order chi connectivity index (χ1) is 4.83. The molecule has 0 aromatic rings. The van der Waals surface area contributed by atoms with Gasteiger partial charge in [0.2, 0.25) is 0 Å². The molecule has 0 radical (unpaired) electrons. The van der Waals surface area contributed by atoms with Gasteiger partial charge in [-0.2, -0.15) is 0 Å². The van der Waals surface area contributed by atoms with Crippen LogP contribution in [0.5, 0.6) is 0 Å². The minimum Gasteiger partial charge on any atom is -0.460 e. The van der Waals surface area contributed by atoms with Crippen molar-refractivity contribution in [3.8, 4) is 0 Å². The average Bonchev–Trinajstić information content (AvgIpc) is 1.53. The van der Waals surface area contributed by atoms with Crippen LogP contribution in [0.15, 0.2) is 0 Å². The zero-order valence-corrected chi connectivity index (χ0v) is 7.55. The van der Waals surface area contributed by atoms with Gasteiger partial charge in [-0.3, -0.25) is 4.79 Å². The van der Waals surface area contributed by atoms with E-state index < -0.39 is 11.7 Å². The maximum Gasteiger partial charge on any atom is 0.303 e. The fourth-order valence-corrected chi connectivity index (χ4v) is 1.14. The van der Waals surface area contributed by atoms with Gasteiger partial charge in [0.15, 0.2) is 0 Å². The van der Waals surface area contributed by atoms with Crippen molar-refractivity contribution < 1.29 is 14.6 Å². The molecule has 0 saturated carbocycles. The van der Waals surface area contributed by atoms with Crippen LogP contribution >= 0.6 is 0 Å². The lowest BCUT2D eigenvalue weighted by atomic mass is 10.0. The highest BCUT2D eigenvalue weighted by Crippen LogP contribution is 2.16. The number of ether oxygens (including phenoxy) is 1. The van der Waals surface area contributed by atoms with Crippen LogP contribution in [-0.4, -0.2) is 22.8 Å². The van der Waals surface area contributed by atoms with Crippen molar-refractivity contribution in [3.63, 3.8) is 0 Å². The molecule has 66 valence electrons. The fraction of sp³-hybridized carbons (Fsp3) is 0.875. The molecule has 0 aliphatic rings. The SMILES string of the molecule is CC(=O)OC(C)(C)CC(C)O. The third-order valence-corrected chi connectivity index (χ3v) is 1.21. The highest BCUT2D eigenvalue weighted by molar-refractivity contribution is 5.66. The van der Waals surface area contributed by atoms with E-state index in [-0.39, 0.29) is 5.97 Å². The molecular weight excluding hydrogens is 144 g/mol. The molecule has 3 heteroatoms. The van der Waals surface area contributed by atoms with Crippen LogP contribution in [-0.2, 0) is 9.53 Å². The van der Waals surface area contributed by atoms with Crippen LogP contribution in [0.4, 0.5) is 0 Å². The second-order valence-electron chi connectivity index (χ2n) is 3.41. The summed E-state index contributed by atoms with van der Waals surface area (Å²) < 4.78 is 4.95. The molecule has 11 heavy (non-hydrogen) atoms. The summed E-state index contributed by atoms with van der Waals surface area (Å²) in [5.74, 6) is -0.310. The Morgan fingerprint density at radius 2 is 2.09 bits per heavy atom. The summed E-state index contributed by atoms with van der Waals surface area (Å²) in [7, 11) is 0. The van der Waals surface area contributed by atoms with Gasteiger partial charge in [0.25, 0.3) is 0 Å². The minimum atomic E-state index is -0.556. The van der Waals surface area contributed by atoms with E-state index in [2.05, 4.69) is 0 Å². The van der Waals surface area contributed by atoms with Gasteiger partial charge in [0, 0.05) is 13.3 Å². The van der Waals surface area contributed by atoms with Crippen molar-refractivity contribution in [1.29, 1.82) is 0 Å². The van der Waals surface area contributed by atoms with E-state index in [4.69, 9.17) is 9.84 Å². The third-order valence-electron chi connectivity index (χ3n) is 1.21. The van der Waals surface area contributed by atoms with Gasteiger partial charge in [0.05, 0.1) is 6.10 Å². The van der Waals surface area contributed by atoms with Gasteiger partial charge in [-0.15, -0.1) is 0 Å². The van der Waals surface area contributed by atoms with E-state index in [0.717, 1.165) is 0 Å². The molecule has 0 bridgehead atoms. The van der Waals surface area contributed by atoms with Crippen LogP contribution in [0.2, 0.25) is 0 Å². The Hall–Kier alpha value is -0.570. The van der Waals surface area contributed by atoms with Crippen LogP contribution in [0.3, 0.4) is 0 Å². The molecule has 0 aromatic heterocycles. The van der Waals surface area contributed by atoms with Gasteiger partial charge in [0.1, 0.15) is 5.60 Å². The molecule has 0 spiro atoms. The molecule has 3 nitrogen and oxygen atoms in total. The van der Waals surface area contributed by atoms with Crippen molar-refractivity contribution in [2.24, 2.45) is 0 Å². The summed E-state index contributed by atoms with van der Waals surface area (Å²) in [5.41, 5.74) is -0.556. The number of esters is 1. The van der Waals surface area contributed by atoms with Crippen molar-refractivity contribution in [3.05, 3.63) is 0 Å². The van der Waals surface area contributed by atoms with E-state index in [9.17, 15) is 4.79 Å². The zero-order chi connectivity index (χ0) is 9.07. The van der Waals surface area contributed by atoms with Gasteiger partial charge < -0.3 is 9.84 Å². The second-order valence-corrected chi connectivity index (χ2v) is 3.41. The van der Waals surface area contributed by atoms with Gasteiger partial charge in [-0.05, 0) is 20.8 Å². The molecule has 1 unspecified atom stereocenters. The van der Waals surface area contributed by atoms with Crippen molar-refractivity contribution >= 4 is 5.97 Å². The number of hydrogen-bond donors (Lipinski definition) is 1. The van der Waals surface area contributed by atoms with E-state index >= 15 is 0 Å². The molecule has 0 heterocycles. The van der Waals surface area contributed by atoms with Gasteiger partial charge in [-0.25, -0.2) is 0 Å². The summed E-state index contributed by atoms with van der Waals surface area (Å²) in [6.07, 6.45) is 0.0244. The summed E-state index contributed by atoms with van der Waals surface area (Å²) in [6, 6.07) is 0. The van der Waals surface area contributed by atoms with Crippen molar-refractivity contribution in [2.45, 2.75) is 45.8 Å². The van der Waals surface area contributed by atoms with Crippen molar-refractivity contribution in [1.82, 2.24) is 0 Å². The highest BCUT2D eigenvalue weighted by atomic mass is 16.6. The fourth-order valence-electron chi connectivity index (χ4n) is 1.14. The quantitative estimate of drug-likeness (QED) is 0.629. The zero-order valence-electron chi connectivity index (χ0n) is 7.55. The van der Waals surface area contributed by atoms with Gasteiger partial charge in [-0.1, -0.05) is 0 Å². The van der Waals surface area contributed by atoms with E-state index in [1.165, 1.54) is 6.92 Å². The molecule has 0 rings (SSSR count). The van der Waals surface area contributed by atoms with Gasteiger partial charge >= 0.3 is 5.97 Å². The lowest BCUT2D eigenvalue weighted by molar-refractivity contribution is -0.155. The number of carbonyl (C=O) groups is 1. The van der Waals surface area contributed by atoms with Crippen LogP contribution < -0.4 is 0 Å². The molecule has 0 amide bonds. The van der Waals surface area contributed by atoms with Crippen molar-refractivity contribution in [2.75, 3.05) is 0 Å². The predicted octanol–water partition coefficient (Wildman–Crippen LogP) is 1.10. The van der Waals surface area contributed by atoms with E-state index in [0.29, 0.717) is 6.42 Å². The lowest BCUT2D eigenvalue weighted by Gasteiger charge is -2.25. The maximum atomic E-state index is 10.5. The standard InChI is InChI=1S/C8H16O3/c1-6(9)5-8(3,4)11-7(2)10/h6,9H,5H2,1-4H3. The monoisotopic (exact) mass is 160 g/mol. The second kappa shape index (κ2) is 3.72. The summed E-state index contributed by atoms with van der Waals surface area (Å²) in [4.78, 5) is 10.5. The Bertz CT molecular complexity index is 138. The Morgan fingerprint density at radius 3 is 2.36 bits per heavy atom. The summed E-state index contributed by atoms with van der Waals surface area (Å²) >= 11 is 0. The molecule has 1 N–H and O–H groups in total. The molecule has 0 saturated heterocycles. The Kier molecular flexibility index (Phi) is 3.52. The van der Waals surface area contributed by atoms with Crippen LogP contribution in [0.1, 0.15) is 34.1 Å².